The van der Waals surface area contributed by atoms with Gasteiger partial charge in [-0.1, -0.05) is 0 Å². The standard InChI is InChI=1S/C24H20FN5O2S/c1-14-3-8-20(33-14)12-31-18-9-16(25)10-19(11-18)32-17-6-4-15(5-7-17)22-21-23(26)27-13-28-24(21)30(2)29-22/h3-11,13H,12H2,1-2H3,(H2,26,27,28). The number of nitrogens with two attached hydrogens (primary N) is 1. The van der Waals surface area contributed by atoms with Crippen molar-refractivity contribution >= 4 is 28.2 Å². The average Bonchev–Trinajstić information content (AvgIpc) is 3.36. The van der Waals surface area contributed by atoms with Crippen LogP contribution >= 0.6 is 11.3 Å². The number of rotatable bonds is 6. The minimum atomic E-state index is -0.433. The third kappa shape index (κ3) is 4.35. The lowest BCUT2D eigenvalue weighted by Gasteiger charge is -2.10. The number of halogens is 1. The summed E-state index contributed by atoms with van der Waals surface area (Å²) in [5, 5.41) is 5.23. The number of aromatic nitrogens is 4. The summed E-state index contributed by atoms with van der Waals surface area (Å²) >= 11 is 1.65. The lowest BCUT2D eigenvalue weighted by atomic mass is 10.1. The van der Waals surface area contributed by atoms with E-state index < -0.39 is 5.82 Å². The second-order valence-corrected chi connectivity index (χ2v) is 8.85. The van der Waals surface area contributed by atoms with E-state index in [1.165, 1.54) is 23.3 Å². The van der Waals surface area contributed by atoms with Crippen LogP contribution in [-0.4, -0.2) is 19.7 Å². The Morgan fingerprint density at radius 2 is 1.79 bits per heavy atom. The van der Waals surface area contributed by atoms with Crippen molar-refractivity contribution in [3.8, 4) is 28.5 Å². The molecule has 0 radical (unpaired) electrons. The van der Waals surface area contributed by atoms with Gasteiger partial charge in [-0.15, -0.1) is 11.3 Å². The zero-order valence-corrected chi connectivity index (χ0v) is 18.8. The van der Waals surface area contributed by atoms with Crippen molar-refractivity contribution < 1.29 is 13.9 Å². The lowest BCUT2D eigenvalue weighted by Crippen LogP contribution is -1.95. The zero-order valence-electron chi connectivity index (χ0n) is 17.9. The van der Waals surface area contributed by atoms with Crippen molar-refractivity contribution in [3.63, 3.8) is 0 Å². The second-order valence-electron chi connectivity index (χ2n) is 7.48. The van der Waals surface area contributed by atoms with Crippen molar-refractivity contribution in [2.75, 3.05) is 5.73 Å². The molecule has 0 aliphatic heterocycles. The number of ether oxygens (including phenoxy) is 2. The maximum Gasteiger partial charge on any atom is 0.163 e. The van der Waals surface area contributed by atoms with Crippen molar-refractivity contribution in [1.29, 1.82) is 0 Å². The maximum absolute atomic E-state index is 14.1. The molecular weight excluding hydrogens is 441 g/mol. The number of anilines is 1. The predicted octanol–water partition coefficient (Wildman–Crippen LogP) is 5.49. The highest BCUT2D eigenvalue weighted by Crippen LogP contribution is 2.32. The highest BCUT2D eigenvalue weighted by atomic mass is 32.1. The van der Waals surface area contributed by atoms with Crippen molar-refractivity contribution in [2.45, 2.75) is 13.5 Å². The normalized spacial score (nSPS) is 11.1. The number of benzene rings is 2. The number of nitrogens with zero attached hydrogens (tertiary/aromatic N) is 4. The fourth-order valence-corrected chi connectivity index (χ4v) is 4.33. The quantitative estimate of drug-likeness (QED) is 0.360. The fourth-order valence-electron chi connectivity index (χ4n) is 3.52. The third-order valence-electron chi connectivity index (χ3n) is 5.04. The van der Waals surface area contributed by atoms with Gasteiger partial charge in [-0.25, -0.2) is 19.0 Å². The molecule has 0 atom stereocenters. The van der Waals surface area contributed by atoms with Crippen molar-refractivity contribution in [3.05, 3.63) is 76.5 Å². The van der Waals surface area contributed by atoms with Crippen LogP contribution in [0.2, 0.25) is 0 Å². The summed E-state index contributed by atoms with van der Waals surface area (Å²) in [5.74, 6) is 1.24. The summed E-state index contributed by atoms with van der Waals surface area (Å²) in [5.41, 5.74) is 8.23. The van der Waals surface area contributed by atoms with Crippen molar-refractivity contribution in [2.24, 2.45) is 7.05 Å². The van der Waals surface area contributed by atoms with Crippen LogP contribution in [0.15, 0.2) is 60.9 Å². The molecular formula is C24H20FN5O2S. The number of aryl methyl sites for hydroxylation is 2. The molecule has 0 unspecified atom stereocenters. The van der Waals surface area contributed by atoms with Gasteiger partial charge in [0.25, 0.3) is 0 Å². The summed E-state index contributed by atoms with van der Waals surface area (Å²) in [7, 11) is 1.80. The fraction of sp³-hybridized carbons (Fsp3) is 0.125. The molecule has 0 fully saturated rings. The SMILES string of the molecule is Cc1ccc(COc2cc(F)cc(Oc3ccc(-c4nn(C)c5ncnc(N)c45)cc3)c2)s1. The first-order valence-corrected chi connectivity index (χ1v) is 11.0. The molecule has 3 aromatic heterocycles. The van der Waals surface area contributed by atoms with E-state index in [1.54, 1.807) is 41.3 Å². The van der Waals surface area contributed by atoms with Crippen LogP contribution in [0.25, 0.3) is 22.3 Å². The summed E-state index contributed by atoms with van der Waals surface area (Å²) in [6.07, 6.45) is 1.42. The number of hydrogen-bond acceptors (Lipinski definition) is 7. The van der Waals surface area contributed by atoms with Crippen LogP contribution in [0.4, 0.5) is 10.2 Å². The summed E-state index contributed by atoms with van der Waals surface area (Å²) < 4.78 is 27.4. The van der Waals surface area contributed by atoms with Crippen LogP contribution in [0, 0.1) is 12.7 Å². The zero-order chi connectivity index (χ0) is 22.9. The van der Waals surface area contributed by atoms with Gasteiger partial charge in [0.2, 0.25) is 0 Å². The van der Waals surface area contributed by atoms with Gasteiger partial charge in [-0.2, -0.15) is 5.10 Å². The molecule has 9 heteroatoms. The first-order chi connectivity index (χ1) is 16.0. The minimum Gasteiger partial charge on any atom is -0.488 e. The number of thiophene rings is 1. The van der Waals surface area contributed by atoms with E-state index in [0.717, 1.165) is 10.4 Å². The molecule has 2 aromatic carbocycles. The van der Waals surface area contributed by atoms with E-state index in [-0.39, 0.29) is 0 Å². The Balaban J connectivity index is 1.35. The molecule has 166 valence electrons. The maximum atomic E-state index is 14.1. The highest BCUT2D eigenvalue weighted by molar-refractivity contribution is 7.11. The third-order valence-corrected chi connectivity index (χ3v) is 6.01. The van der Waals surface area contributed by atoms with Crippen molar-refractivity contribution in [1.82, 2.24) is 19.7 Å². The van der Waals surface area contributed by atoms with E-state index >= 15 is 0 Å². The Bertz CT molecular complexity index is 1450. The Morgan fingerprint density at radius 3 is 2.55 bits per heavy atom. The first-order valence-electron chi connectivity index (χ1n) is 10.2. The molecule has 0 saturated heterocycles. The molecule has 5 rings (SSSR count). The topological polar surface area (TPSA) is 88.1 Å². The van der Waals surface area contributed by atoms with E-state index in [1.807, 2.05) is 31.2 Å². The highest BCUT2D eigenvalue weighted by Gasteiger charge is 2.15. The largest absolute Gasteiger partial charge is 0.488 e. The monoisotopic (exact) mass is 461 g/mol. The van der Waals surface area contributed by atoms with E-state index in [2.05, 4.69) is 15.1 Å². The van der Waals surface area contributed by atoms with E-state index in [9.17, 15) is 4.39 Å². The summed E-state index contributed by atoms with van der Waals surface area (Å²) in [4.78, 5) is 10.6. The minimum absolute atomic E-state index is 0.348. The summed E-state index contributed by atoms with van der Waals surface area (Å²) in [6.45, 7) is 2.41. The van der Waals surface area contributed by atoms with Crippen LogP contribution in [-0.2, 0) is 13.7 Å². The van der Waals surface area contributed by atoms with Gasteiger partial charge < -0.3 is 15.2 Å². The molecule has 2 N–H and O–H groups in total. The Kier molecular flexibility index (Phi) is 5.39. The Morgan fingerprint density at radius 1 is 1.00 bits per heavy atom. The Hall–Kier alpha value is -3.98. The number of fused-ring (bicyclic) bond motifs is 1. The molecule has 0 amide bonds. The molecule has 3 heterocycles. The molecule has 0 aliphatic carbocycles. The van der Waals surface area contributed by atoms with Gasteiger partial charge in [0, 0.05) is 40.6 Å². The van der Waals surface area contributed by atoms with Gasteiger partial charge in [0.1, 0.15) is 47.5 Å². The van der Waals surface area contributed by atoms with E-state index in [0.29, 0.717) is 46.4 Å². The van der Waals surface area contributed by atoms with Gasteiger partial charge in [0.15, 0.2) is 5.65 Å². The number of nitrogen functional groups attached to an aromatic ring is 1. The van der Waals surface area contributed by atoms with Gasteiger partial charge >= 0.3 is 0 Å². The first kappa shape index (κ1) is 20.9. The molecule has 0 saturated carbocycles. The number of hydrogen-bond donors (Lipinski definition) is 1. The van der Waals surface area contributed by atoms with Crippen LogP contribution in [0.1, 0.15) is 9.75 Å². The smallest absolute Gasteiger partial charge is 0.163 e. The van der Waals surface area contributed by atoms with Crippen LogP contribution in [0.3, 0.4) is 0 Å². The van der Waals surface area contributed by atoms with Gasteiger partial charge in [0.05, 0.1) is 5.39 Å². The van der Waals surface area contributed by atoms with E-state index in [4.69, 9.17) is 15.2 Å². The molecule has 0 bridgehead atoms. The van der Waals surface area contributed by atoms with Gasteiger partial charge in [-0.05, 0) is 43.3 Å². The summed E-state index contributed by atoms with van der Waals surface area (Å²) in [6, 6.07) is 15.7. The molecule has 33 heavy (non-hydrogen) atoms. The van der Waals surface area contributed by atoms with Gasteiger partial charge in [-0.3, -0.25) is 0 Å². The molecule has 0 spiro atoms. The lowest BCUT2D eigenvalue weighted by molar-refractivity contribution is 0.306. The Labute approximate surface area is 193 Å². The average molecular weight is 462 g/mol. The molecule has 7 nitrogen and oxygen atoms in total. The molecule has 5 aromatic rings. The van der Waals surface area contributed by atoms with Crippen LogP contribution in [0.5, 0.6) is 17.2 Å². The molecule has 0 aliphatic rings. The van der Waals surface area contributed by atoms with Crippen LogP contribution < -0.4 is 15.2 Å². The second kappa shape index (κ2) is 8.51. The predicted molar refractivity (Wildman–Crippen MR) is 126 cm³/mol.